The molecule has 28 heavy (non-hydrogen) atoms. The molecule has 0 bridgehead atoms. The van der Waals surface area contributed by atoms with Gasteiger partial charge in [0.25, 0.3) is 5.91 Å². The Balaban J connectivity index is 1.44. The minimum Gasteiger partial charge on any atom is -0.365 e. The molecular formula is C23H24N4O. The summed E-state index contributed by atoms with van der Waals surface area (Å²) in [4.78, 5) is 23.4. The zero-order valence-corrected chi connectivity index (χ0v) is 15.8. The number of nitrogens with one attached hydrogen (secondary N) is 1. The first kappa shape index (κ1) is 18.2. The normalized spacial score (nSPS) is 13.9. The maximum atomic E-state index is 12.9. The van der Waals surface area contributed by atoms with E-state index in [1.165, 1.54) is 6.42 Å². The molecule has 1 aromatic carbocycles. The molecule has 0 aliphatic carbocycles. The van der Waals surface area contributed by atoms with Gasteiger partial charge in [-0.3, -0.25) is 9.78 Å². The van der Waals surface area contributed by atoms with Crippen molar-refractivity contribution in [3.63, 3.8) is 0 Å². The number of amides is 1. The fourth-order valence-corrected chi connectivity index (χ4v) is 3.52. The summed E-state index contributed by atoms with van der Waals surface area (Å²) in [5, 5.41) is 3.34. The topological polar surface area (TPSA) is 58.1 Å². The van der Waals surface area contributed by atoms with Gasteiger partial charge in [-0.2, -0.15) is 0 Å². The number of hydrogen-bond acceptors (Lipinski definition) is 4. The molecule has 0 spiro atoms. The molecule has 0 atom stereocenters. The van der Waals surface area contributed by atoms with E-state index < -0.39 is 0 Å². The van der Waals surface area contributed by atoms with Crippen LogP contribution in [0.15, 0.2) is 67.1 Å². The second-order valence-electron chi connectivity index (χ2n) is 7.04. The molecule has 2 aromatic heterocycles. The third-order valence-electron chi connectivity index (χ3n) is 5.09. The first-order valence-electron chi connectivity index (χ1n) is 9.79. The first-order chi connectivity index (χ1) is 13.8. The standard InChI is InChI=1S/C23H24N4O/c28-23(27-14-2-1-3-15-27)21-7-5-13-25-22(21)26-16-18-8-10-19(11-9-18)20-6-4-12-24-17-20/h4-13,17H,1-3,14-16H2,(H,25,26). The molecule has 5 nitrogen and oxygen atoms in total. The van der Waals surface area contributed by atoms with E-state index in [0.29, 0.717) is 17.9 Å². The van der Waals surface area contributed by atoms with E-state index in [2.05, 4.69) is 39.6 Å². The Hall–Kier alpha value is -3.21. The van der Waals surface area contributed by atoms with Crippen molar-refractivity contribution in [3.05, 3.63) is 78.2 Å². The highest BCUT2D eigenvalue weighted by Gasteiger charge is 2.21. The zero-order valence-electron chi connectivity index (χ0n) is 15.8. The smallest absolute Gasteiger partial charge is 0.257 e. The van der Waals surface area contributed by atoms with Crippen molar-refractivity contribution in [3.8, 4) is 11.1 Å². The van der Waals surface area contributed by atoms with Gasteiger partial charge >= 0.3 is 0 Å². The van der Waals surface area contributed by atoms with Crippen LogP contribution in [0.3, 0.4) is 0 Å². The van der Waals surface area contributed by atoms with Crippen LogP contribution in [0.2, 0.25) is 0 Å². The average Bonchev–Trinajstić information content (AvgIpc) is 2.79. The van der Waals surface area contributed by atoms with Crippen molar-refractivity contribution in [2.24, 2.45) is 0 Å². The molecule has 0 unspecified atom stereocenters. The molecule has 142 valence electrons. The maximum Gasteiger partial charge on any atom is 0.257 e. The average molecular weight is 372 g/mol. The third-order valence-corrected chi connectivity index (χ3v) is 5.09. The monoisotopic (exact) mass is 372 g/mol. The van der Waals surface area contributed by atoms with Gasteiger partial charge < -0.3 is 10.2 Å². The third kappa shape index (κ3) is 4.19. The van der Waals surface area contributed by atoms with E-state index in [1.54, 1.807) is 12.4 Å². The zero-order chi connectivity index (χ0) is 19.2. The summed E-state index contributed by atoms with van der Waals surface area (Å²) in [6.07, 6.45) is 8.73. The first-order valence-corrected chi connectivity index (χ1v) is 9.79. The van der Waals surface area contributed by atoms with Crippen LogP contribution in [-0.2, 0) is 6.54 Å². The van der Waals surface area contributed by atoms with Crippen LogP contribution >= 0.6 is 0 Å². The van der Waals surface area contributed by atoms with Crippen molar-refractivity contribution < 1.29 is 4.79 Å². The predicted molar refractivity (Wildman–Crippen MR) is 111 cm³/mol. The highest BCUT2D eigenvalue weighted by Crippen LogP contribution is 2.21. The Morgan fingerprint density at radius 3 is 2.46 bits per heavy atom. The van der Waals surface area contributed by atoms with Gasteiger partial charge in [0.15, 0.2) is 0 Å². The molecule has 1 fully saturated rings. The number of rotatable bonds is 5. The molecule has 4 rings (SSSR count). The summed E-state index contributed by atoms with van der Waals surface area (Å²) in [5.41, 5.74) is 4.02. The molecule has 0 saturated carbocycles. The van der Waals surface area contributed by atoms with Crippen molar-refractivity contribution >= 4 is 11.7 Å². The Kier molecular flexibility index (Phi) is 5.61. The Bertz CT molecular complexity index is 919. The fourth-order valence-electron chi connectivity index (χ4n) is 3.52. The van der Waals surface area contributed by atoms with Gasteiger partial charge in [-0.1, -0.05) is 30.3 Å². The number of carbonyl (C=O) groups is 1. The largest absolute Gasteiger partial charge is 0.365 e. The van der Waals surface area contributed by atoms with Crippen molar-refractivity contribution in [2.75, 3.05) is 18.4 Å². The summed E-state index contributed by atoms with van der Waals surface area (Å²) in [6, 6.07) is 16.0. The van der Waals surface area contributed by atoms with E-state index >= 15 is 0 Å². The van der Waals surface area contributed by atoms with Gasteiger partial charge in [-0.05, 0) is 54.2 Å². The molecule has 1 amide bonds. The van der Waals surface area contributed by atoms with Gasteiger partial charge in [0.1, 0.15) is 5.82 Å². The Labute approximate surface area is 165 Å². The number of benzene rings is 1. The van der Waals surface area contributed by atoms with Crippen LogP contribution in [0.4, 0.5) is 5.82 Å². The number of nitrogens with zero attached hydrogens (tertiary/aromatic N) is 3. The highest BCUT2D eigenvalue weighted by molar-refractivity contribution is 5.98. The number of pyridine rings is 2. The number of carbonyl (C=O) groups excluding carboxylic acids is 1. The summed E-state index contributed by atoms with van der Waals surface area (Å²) >= 11 is 0. The molecule has 1 aliphatic rings. The van der Waals surface area contributed by atoms with Crippen LogP contribution in [0, 0.1) is 0 Å². The maximum absolute atomic E-state index is 12.9. The summed E-state index contributed by atoms with van der Waals surface area (Å²) in [7, 11) is 0. The van der Waals surface area contributed by atoms with Crippen LogP contribution in [0.5, 0.6) is 0 Å². The van der Waals surface area contributed by atoms with Gasteiger partial charge in [0, 0.05) is 38.2 Å². The van der Waals surface area contributed by atoms with Crippen molar-refractivity contribution in [1.29, 1.82) is 0 Å². The Morgan fingerprint density at radius 1 is 0.929 bits per heavy atom. The molecule has 3 aromatic rings. The van der Waals surface area contributed by atoms with E-state index in [4.69, 9.17) is 0 Å². The number of likely N-dealkylation sites (tertiary alicyclic amines) is 1. The van der Waals surface area contributed by atoms with Crippen molar-refractivity contribution in [2.45, 2.75) is 25.8 Å². The number of aromatic nitrogens is 2. The second kappa shape index (κ2) is 8.65. The highest BCUT2D eigenvalue weighted by atomic mass is 16.2. The quantitative estimate of drug-likeness (QED) is 0.722. The van der Waals surface area contributed by atoms with Crippen molar-refractivity contribution in [1.82, 2.24) is 14.9 Å². The Morgan fingerprint density at radius 2 is 1.71 bits per heavy atom. The molecule has 1 saturated heterocycles. The SMILES string of the molecule is O=C(c1cccnc1NCc1ccc(-c2cccnc2)cc1)N1CCCCC1. The van der Waals surface area contributed by atoms with Gasteiger partial charge in [-0.15, -0.1) is 0 Å². The molecular weight excluding hydrogens is 348 g/mol. The molecule has 5 heteroatoms. The number of anilines is 1. The van der Waals surface area contributed by atoms with E-state index in [1.807, 2.05) is 35.4 Å². The summed E-state index contributed by atoms with van der Waals surface area (Å²) < 4.78 is 0. The van der Waals surface area contributed by atoms with E-state index in [0.717, 1.165) is 42.6 Å². The lowest BCUT2D eigenvalue weighted by atomic mass is 10.1. The van der Waals surface area contributed by atoms with Gasteiger partial charge in [0.2, 0.25) is 0 Å². The lowest BCUT2D eigenvalue weighted by Crippen LogP contribution is -2.36. The molecule has 3 heterocycles. The number of piperidine rings is 1. The van der Waals surface area contributed by atoms with E-state index in [-0.39, 0.29) is 5.91 Å². The fraction of sp³-hybridized carbons (Fsp3) is 0.261. The van der Waals surface area contributed by atoms with Crippen LogP contribution in [-0.4, -0.2) is 33.9 Å². The predicted octanol–water partition coefficient (Wildman–Crippen LogP) is 4.38. The van der Waals surface area contributed by atoms with E-state index in [9.17, 15) is 4.79 Å². The van der Waals surface area contributed by atoms with Gasteiger partial charge in [-0.25, -0.2) is 4.98 Å². The second-order valence-corrected chi connectivity index (χ2v) is 7.04. The van der Waals surface area contributed by atoms with Crippen LogP contribution in [0.25, 0.3) is 11.1 Å². The molecule has 1 aliphatic heterocycles. The number of hydrogen-bond donors (Lipinski definition) is 1. The minimum atomic E-state index is 0.0715. The minimum absolute atomic E-state index is 0.0715. The van der Waals surface area contributed by atoms with Crippen LogP contribution in [0.1, 0.15) is 35.2 Å². The summed E-state index contributed by atoms with van der Waals surface area (Å²) in [5.74, 6) is 0.719. The molecule has 0 radical (unpaired) electrons. The summed E-state index contributed by atoms with van der Waals surface area (Å²) in [6.45, 7) is 2.29. The molecule has 1 N–H and O–H groups in total. The lowest BCUT2D eigenvalue weighted by molar-refractivity contribution is 0.0725. The van der Waals surface area contributed by atoms with Crippen LogP contribution < -0.4 is 5.32 Å². The lowest BCUT2D eigenvalue weighted by Gasteiger charge is -2.27. The van der Waals surface area contributed by atoms with Gasteiger partial charge in [0.05, 0.1) is 5.56 Å².